The third-order valence-corrected chi connectivity index (χ3v) is 4.80. The first kappa shape index (κ1) is 12.9. The molecule has 1 heterocycles. The normalized spacial score (nSPS) is 20.7. The van der Waals surface area contributed by atoms with Crippen LogP contribution in [-0.2, 0) is 12.8 Å². The molecule has 2 aliphatic rings. The highest BCUT2D eigenvalue weighted by atomic mass is 16.5. The van der Waals surface area contributed by atoms with Gasteiger partial charge in [-0.15, -0.1) is 0 Å². The van der Waals surface area contributed by atoms with Crippen LogP contribution in [-0.4, -0.2) is 6.61 Å². The minimum Gasteiger partial charge on any atom is -0.493 e. The van der Waals surface area contributed by atoms with Gasteiger partial charge >= 0.3 is 0 Å². The molecule has 21 heavy (non-hydrogen) atoms. The van der Waals surface area contributed by atoms with E-state index in [0.717, 1.165) is 18.8 Å². The van der Waals surface area contributed by atoms with E-state index < -0.39 is 0 Å². The van der Waals surface area contributed by atoms with Gasteiger partial charge in [-0.2, -0.15) is 0 Å². The van der Waals surface area contributed by atoms with Crippen LogP contribution >= 0.6 is 0 Å². The molecule has 108 valence electrons. The van der Waals surface area contributed by atoms with Crippen LogP contribution in [0.5, 0.6) is 5.75 Å². The van der Waals surface area contributed by atoms with Crippen LogP contribution in [0.4, 0.5) is 0 Å². The number of hydrogen-bond acceptors (Lipinski definition) is 2. The summed E-state index contributed by atoms with van der Waals surface area (Å²) >= 11 is 0. The van der Waals surface area contributed by atoms with E-state index in [-0.39, 0.29) is 0 Å². The van der Waals surface area contributed by atoms with E-state index in [2.05, 4.69) is 54.7 Å². The first-order valence-corrected chi connectivity index (χ1v) is 7.91. The number of nitrogens with one attached hydrogen (secondary N) is 1. The van der Waals surface area contributed by atoms with Gasteiger partial charge < -0.3 is 10.1 Å². The molecule has 0 saturated carbocycles. The predicted molar refractivity (Wildman–Crippen MR) is 84.7 cm³/mol. The highest BCUT2D eigenvalue weighted by Crippen LogP contribution is 2.34. The van der Waals surface area contributed by atoms with Gasteiger partial charge in [0, 0.05) is 18.5 Å². The Bertz CT molecular complexity index is 664. The lowest BCUT2D eigenvalue weighted by Gasteiger charge is -2.21. The van der Waals surface area contributed by atoms with Crippen LogP contribution in [0.15, 0.2) is 42.5 Å². The SMILES string of the molecule is CC(NC1CCc2ccccc21)c1ccc2c(c1)CCO2. The third-order valence-electron chi connectivity index (χ3n) is 4.80. The number of benzene rings is 2. The first-order valence-electron chi connectivity index (χ1n) is 7.91. The Labute approximate surface area is 126 Å². The topological polar surface area (TPSA) is 21.3 Å². The molecule has 0 fully saturated rings. The van der Waals surface area contributed by atoms with Gasteiger partial charge in [0.05, 0.1) is 6.61 Å². The molecule has 0 amide bonds. The van der Waals surface area contributed by atoms with Gasteiger partial charge in [0.15, 0.2) is 0 Å². The zero-order chi connectivity index (χ0) is 14.2. The second-order valence-electron chi connectivity index (χ2n) is 6.14. The summed E-state index contributed by atoms with van der Waals surface area (Å²) in [6, 6.07) is 16.3. The summed E-state index contributed by atoms with van der Waals surface area (Å²) in [5.41, 5.74) is 5.70. The van der Waals surface area contributed by atoms with E-state index in [9.17, 15) is 0 Å². The zero-order valence-corrected chi connectivity index (χ0v) is 12.4. The van der Waals surface area contributed by atoms with Gasteiger partial charge in [-0.25, -0.2) is 0 Å². The largest absolute Gasteiger partial charge is 0.493 e. The van der Waals surface area contributed by atoms with Crippen molar-refractivity contribution < 1.29 is 4.74 Å². The number of ether oxygens (including phenoxy) is 1. The molecule has 0 saturated heterocycles. The average molecular weight is 279 g/mol. The van der Waals surface area contributed by atoms with E-state index >= 15 is 0 Å². The molecule has 0 radical (unpaired) electrons. The van der Waals surface area contributed by atoms with Crippen molar-refractivity contribution in [3.63, 3.8) is 0 Å². The fourth-order valence-electron chi connectivity index (χ4n) is 3.60. The average Bonchev–Trinajstić information content (AvgIpc) is 3.13. The Morgan fingerprint density at radius 1 is 1.10 bits per heavy atom. The van der Waals surface area contributed by atoms with E-state index in [1.807, 2.05) is 0 Å². The molecule has 1 N–H and O–H groups in total. The zero-order valence-electron chi connectivity index (χ0n) is 12.4. The maximum absolute atomic E-state index is 5.59. The summed E-state index contributed by atoms with van der Waals surface area (Å²) in [7, 11) is 0. The smallest absolute Gasteiger partial charge is 0.122 e. The molecular formula is C19H21NO. The summed E-state index contributed by atoms with van der Waals surface area (Å²) < 4.78 is 5.59. The quantitative estimate of drug-likeness (QED) is 0.918. The van der Waals surface area contributed by atoms with Crippen molar-refractivity contribution in [2.24, 2.45) is 0 Å². The molecule has 2 unspecified atom stereocenters. The van der Waals surface area contributed by atoms with E-state index in [0.29, 0.717) is 12.1 Å². The Kier molecular flexibility index (Phi) is 3.19. The molecule has 1 aliphatic heterocycles. The van der Waals surface area contributed by atoms with Gasteiger partial charge in [-0.1, -0.05) is 36.4 Å². The van der Waals surface area contributed by atoms with Crippen LogP contribution < -0.4 is 10.1 Å². The van der Waals surface area contributed by atoms with Crippen LogP contribution in [0.3, 0.4) is 0 Å². The third kappa shape index (κ3) is 2.34. The maximum Gasteiger partial charge on any atom is 0.122 e. The second-order valence-corrected chi connectivity index (χ2v) is 6.14. The molecule has 4 rings (SSSR count). The highest BCUT2D eigenvalue weighted by molar-refractivity contribution is 5.41. The predicted octanol–water partition coefficient (Wildman–Crippen LogP) is 3.96. The summed E-state index contributed by atoms with van der Waals surface area (Å²) in [5, 5.41) is 3.80. The Morgan fingerprint density at radius 3 is 2.95 bits per heavy atom. The van der Waals surface area contributed by atoms with Crippen molar-refractivity contribution >= 4 is 0 Å². The molecule has 0 aromatic heterocycles. The molecule has 2 atom stereocenters. The standard InChI is InChI=1S/C19H21NO/c1-13(15-7-9-19-16(12-15)10-11-21-19)20-18-8-6-14-4-2-3-5-17(14)18/h2-5,7,9,12-13,18,20H,6,8,10-11H2,1H3. The van der Waals surface area contributed by atoms with E-state index in [1.165, 1.54) is 35.1 Å². The molecule has 2 nitrogen and oxygen atoms in total. The minimum absolute atomic E-state index is 0.368. The number of aryl methyl sites for hydroxylation is 1. The van der Waals surface area contributed by atoms with Crippen molar-refractivity contribution in [2.75, 3.05) is 6.61 Å². The van der Waals surface area contributed by atoms with Crippen molar-refractivity contribution in [3.8, 4) is 5.75 Å². The monoisotopic (exact) mass is 279 g/mol. The molecule has 2 aromatic rings. The van der Waals surface area contributed by atoms with Gasteiger partial charge in [0.1, 0.15) is 5.75 Å². The minimum atomic E-state index is 0.368. The van der Waals surface area contributed by atoms with E-state index in [4.69, 9.17) is 4.74 Å². The van der Waals surface area contributed by atoms with Gasteiger partial charge in [-0.05, 0) is 48.1 Å². The lowest BCUT2D eigenvalue weighted by Crippen LogP contribution is -2.23. The Morgan fingerprint density at radius 2 is 2.00 bits per heavy atom. The Balaban J connectivity index is 1.53. The van der Waals surface area contributed by atoms with Crippen LogP contribution in [0.1, 0.15) is 47.7 Å². The van der Waals surface area contributed by atoms with Gasteiger partial charge in [-0.3, -0.25) is 0 Å². The molecule has 0 bridgehead atoms. The fourth-order valence-corrected chi connectivity index (χ4v) is 3.60. The lowest BCUT2D eigenvalue weighted by molar-refractivity contribution is 0.356. The van der Waals surface area contributed by atoms with E-state index in [1.54, 1.807) is 0 Å². The number of hydrogen-bond donors (Lipinski definition) is 1. The molecular weight excluding hydrogens is 258 g/mol. The summed E-state index contributed by atoms with van der Waals surface area (Å²) in [6.45, 7) is 3.09. The van der Waals surface area contributed by atoms with Crippen molar-refractivity contribution in [1.29, 1.82) is 0 Å². The molecule has 1 aliphatic carbocycles. The Hall–Kier alpha value is -1.80. The highest BCUT2D eigenvalue weighted by Gasteiger charge is 2.24. The van der Waals surface area contributed by atoms with Crippen LogP contribution in [0.25, 0.3) is 0 Å². The van der Waals surface area contributed by atoms with Crippen molar-refractivity contribution in [1.82, 2.24) is 5.32 Å². The van der Waals surface area contributed by atoms with Crippen molar-refractivity contribution in [3.05, 3.63) is 64.7 Å². The fraction of sp³-hybridized carbons (Fsp3) is 0.368. The maximum atomic E-state index is 5.59. The molecule has 2 heteroatoms. The summed E-state index contributed by atoms with van der Waals surface area (Å²) in [5.74, 6) is 1.07. The molecule has 2 aromatic carbocycles. The first-order chi connectivity index (χ1) is 10.3. The molecule has 0 spiro atoms. The van der Waals surface area contributed by atoms with Gasteiger partial charge in [0.25, 0.3) is 0 Å². The van der Waals surface area contributed by atoms with Crippen LogP contribution in [0.2, 0.25) is 0 Å². The van der Waals surface area contributed by atoms with Crippen molar-refractivity contribution in [2.45, 2.75) is 38.3 Å². The lowest BCUT2D eigenvalue weighted by atomic mass is 10.0. The van der Waals surface area contributed by atoms with Crippen LogP contribution in [0, 0.1) is 0 Å². The second kappa shape index (κ2) is 5.19. The number of rotatable bonds is 3. The summed E-state index contributed by atoms with van der Waals surface area (Å²) in [6.07, 6.45) is 3.44. The number of fused-ring (bicyclic) bond motifs is 2. The van der Waals surface area contributed by atoms with Gasteiger partial charge in [0.2, 0.25) is 0 Å². The summed E-state index contributed by atoms with van der Waals surface area (Å²) in [4.78, 5) is 0.